The summed E-state index contributed by atoms with van der Waals surface area (Å²) in [5.74, 6) is 0. The molecule has 14 heavy (non-hydrogen) atoms. The van der Waals surface area contributed by atoms with Gasteiger partial charge in [0.15, 0.2) is 0 Å². The van der Waals surface area contributed by atoms with Crippen LogP contribution in [0.2, 0.25) is 0 Å². The normalized spacial score (nSPS) is 21.1. The first-order chi connectivity index (χ1) is 6.62. The van der Waals surface area contributed by atoms with E-state index in [-0.39, 0.29) is 5.54 Å². The highest BCUT2D eigenvalue weighted by molar-refractivity contribution is 5.03. The summed E-state index contributed by atoms with van der Waals surface area (Å²) < 4.78 is 0. The summed E-state index contributed by atoms with van der Waals surface area (Å²) in [7, 11) is 0. The van der Waals surface area contributed by atoms with Gasteiger partial charge in [-0.05, 0) is 46.3 Å². The Balaban J connectivity index is 2.63. The smallest absolute Gasteiger partial charge is 0.0428 e. The van der Waals surface area contributed by atoms with Crippen LogP contribution in [0, 0.1) is 0 Å². The highest BCUT2D eigenvalue weighted by Crippen LogP contribution is 2.24. The van der Waals surface area contributed by atoms with Crippen LogP contribution in [0.3, 0.4) is 0 Å². The lowest BCUT2D eigenvalue weighted by molar-refractivity contribution is 0.126. The van der Waals surface area contributed by atoms with Gasteiger partial charge in [-0.2, -0.15) is 0 Å². The van der Waals surface area contributed by atoms with Crippen LogP contribution in [-0.4, -0.2) is 36.1 Å². The van der Waals surface area contributed by atoms with Gasteiger partial charge in [-0.3, -0.25) is 4.90 Å². The maximum absolute atomic E-state index is 3.93. The minimum atomic E-state index is 0.203. The molecule has 1 heterocycles. The van der Waals surface area contributed by atoms with Gasteiger partial charge in [0.05, 0.1) is 0 Å². The lowest BCUT2D eigenvalue weighted by atomic mass is 9.92. The van der Waals surface area contributed by atoms with Crippen molar-refractivity contribution in [3.05, 3.63) is 12.7 Å². The molecule has 0 aliphatic carbocycles. The maximum atomic E-state index is 3.93. The van der Waals surface area contributed by atoms with Gasteiger partial charge in [0.25, 0.3) is 0 Å². The molecular formula is C12H24N2. The number of hydrogen-bond acceptors (Lipinski definition) is 2. The number of hydrogen-bond donors (Lipinski definition) is 1. The Hall–Kier alpha value is -0.340. The third-order valence-electron chi connectivity index (χ3n) is 3.34. The van der Waals surface area contributed by atoms with Gasteiger partial charge in [0.1, 0.15) is 0 Å². The predicted octanol–water partition coefficient (Wildman–Crippen LogP) is 2.02. The van der Waals surface area contributed by atoms with Gasteiger partial charge in [-0.1, -0.05) is 13.0 Å². The van der Waals surface area contributed by atoms with E-state index in [1.807, 2.05) is 6.08 Å². The molecule has 2 heteroatoms. The van der Waals surface area contributed by atoms with Gasteiger partial charge in [0.2, 0.25) is 0 Å². The molecule has 0 amide bonds. The fourth-order valence-electron chi connectivity index (χ4n) is 2.33. The summed E-state index contributed by atoms with van der Waals surface area (Å²) in [6.07, 6.45) is 4.74. The fourth-order valence-corrected chi connectivity index (χ4v) is 2.33. The van der Waals surface area contributed by atoms with E-state index in [4.69, 9.17) is 0 Å². The first kappa shape index (κ1) is 11.7. The van der Waals surface area contributed by atoms with Gasteiger partial charge in [-0.25, -0.2) is 0 Å². The van der Waals surface area contributed by atoms with Crippen molar-refractivity contribution in [2.45, 2.75) is 45.2 Å². The van der Waals surface area contributed by atoms with E-state index in [9.17, 15) is 0 Å². The lowest BCUT2D eigenvalue weighted by Gasteiger charge is -2.41. The van der Waals surface area contributed by atoms with Crippen molar-refractivity contribution in [3.8, 4) is 0 Å². The third kappa shape index (κ3) is 2.37. The van der Waals surface area contributed by atoms with Crippen molar-refractivity contribution in [2.24, 2.45) is 0 Å². The second-order valence-electron chi connectivity index (χ2n) is 4.62. The fraction of sp³-hybridized carbons (Fsp3) is 0.833. The SMILES string of the molecule is C=CC(NCC)C(C)(C)N1CCCC1. The highest BCUT2D eigenvalue weighted by atomic mass is 15.2. The van der Waals surface area contributed by atoms with Crippen LogP contribution in [0.15, 0.2) is 12.7 Å². The first-order valence-corrected chi connectivity index (χ1v) is 5.74. The molecule has 0 aromatic heterocycles. The van der Waals surface area contributed by atoms with Crippen molar-refractivity contribution in [1.82, 2.24) is 10.2 Å². The molecule has 1 unspecified atom stereocenters. The number of likely N-dealkylation sites (tertiary alicyclic amines) is 1. The molecular weight excluding hydrogens is 172 g/mol. The zero-order valence-electron chi connectivity index (χ0n) is 9.84. The predicted molar refractivity (Wildman–Crippen MR) is 62.5 cm³/mol. The molecule has 1 saturated heterocycles. The van der Waals surface area contributed by atoms with E-state index >= 15 is 0 Å². The summed E-state index contributed by atoms with van der Waals surface area (Å²) in [5.41, 5.74) is 0.203. The van der Waals surface area contributed by atoms with Crippen molar-refractivity contribution in [1.29, 1.82) is 0 Å². The number of nitrogens with zero attached hydrogens (tertiary/aromatic N) is 1. The minimum Gasteiger partial charge on any atom is -0.309 e. The van der Waals surface area contributed by atoms with Crippen LogP contribution in [0.1, 0.15) is 33.6 Å². The van der Waals surface area contributed by atoms with Crippen molar-refractivity contribution < 1.29 is 0 Å². The highest BCUT2D eigenvalue weighted by Gasteiger charge is 2.34. The monoisotopic (exact) mass is 196 g/mol. The Morgan fingerprint density at radius 1 is 1.43 bits per heavy atom. The van der Waals surface area contributed by atoms with E-state index in [2.05, 4.69) is 37.6 Å². The standard InChI is InChI=1S/C12H24N2/c1-5-11(13-6-2)12(3,4)14-9-7-8-10-14/h5,11,13H,1,6-10H2,2-4H3. The largest absolute Gasteiger partial charge is 0.309 e. The number of rotatable bonds is 5. The Kier molecular flexibility index (Phi) is 4.14. The van der Waals surface area contributed by atoms with E-state index in [1.54, 1.807) is 0 Å². The molecule has 0 aromatic carbocycles. The topological polar surface area (TPSA) is 15.3 Å². The van der Waals surface area contributed by atoms with Gasteiger partial charge >= 0.3 is 0 Å². The molecule has 1 atom stereocenters. The van der Waals surface area contributed by atoms with Crippen LogP contribution in [0.25, 0.3) is 0 Å². The Labute approximate surface area is 88.4 Å². The lowest BCUT2D eigenvalue weighted by Crippen LogP contribution is -2.55. The summed E-state index contributed by atoms with van der Waals surface area (Å²) in [6.45, 7) is 14.2. The quantitative estimate of drug-likeness (QED) is 0.677. The van der Waals surface area contributed by atoms with Crippen molar-refractivity contribution in [3.63, 3.8) is 0 Å². The molecule has 0 bridgehead atoms. The molecule has 1 aliphatic heterocycles. The van der Waals surface area contributed by atoms with Gasteiger partial charge in [0, 0.05) is 11.6 Å². The zero-order valence-corrected chi connectivity index (χ0v) is 9.84. The Morgan fingerprint density at radius 2 is 2.00 bits per heavy atom. The Morgan fingerprint density at radius 3 is 2.43 bits per heavy atom. The molecule has 1 rings (SSSR count). The van der Waals surface area contributed by atoms with Crippen LogP contribution in [-0.2, 0) is 0 Å². The number of nitrogens with one attached hydrogen (secondary N) is 1. The summed E-state index contributed by atoms with van der Waals surface area (Å²) in [4.78, 5) is 2.57. The molecule has 82 valence electrons. The summed E-state index contributed by atoms with van der Waals surface area (Å²) in [5, 5.41) is 3.49. The molecule has 1 aliphatic rings. The molecule has 0 saturated carbocycles. The summed E-state index contributed by atoms with van der Waals surface area (Å²) in [6, 6.07) is 0.394. The van der Waals surface area contributed by atoms with E-state index in [1.165, 1.54) is 25.9 Å². The van der Waals surface area contributed by atoms with Crippen LogP contribution in [0.5, 0.6) is 0 Å². The maximum Gasteiger partial charge on any atom is 0.0428 e. The molecule has 0 radical (unpaired) electrons. The molecule has 2 nitrogen and oxygen atoms in total. The van der Waals surface area contributed by atoms with Gasteiger partial charge in [-0.15, -0.1) is 6.58 Å². The Bertz CT molecular complexity index is 181. The van der Waals surface area contributed by atoms with Crippen LogP contribution in [0.4, 0.5) is 0 Å². The average molecular weight is 196 g/mol. The zero-order chi connectivity index (χ0) is 10.6. The van der Waals surface area contributed by atoms with E-state index in [0.29, 0.717) is 6.04 Å². The minimum absolute atomic E-state index is 0.203. The molecule has 0 aromatic rings. The summed E-state index contributed by atoms with van der Waals surface area (Å²) >= 11 is 0. The average Bonchev–Trinajstić information content (AvgIpc) is 2.66. The van der Waals surface area contributed by atoms with Crippen molar-refractivity contribution >= 4 is 0 Å². The second kappa shape index (κ2) is 4.94. The second-order valence-corrected chi connectivity index (χ2v) is 4.62. The first-order valence-electron chi connectivity index (χ1n) is 5.74. The van der Waals surface area contributed by atoms with Crippen LogP contribution >= 0.6 is 0 Å². The van der Waals surface area contributed by atoms with E-state index in [0.717, 1.165) is 6.54 Å². The van der Waals surface area contributed by atoms with E-state index < -0.39 is 0 Å². The number of likely N-dealkylation sites (N-methyl/N-ethyl adjacent to an activating group) is 1. The molecule has 1 fully saturated rings. The van der Waals surface area contributed by atoms with Crippen LogP contribution < -0.4 is 5.32 Å². The van der Waals surface area contributed by atoms with Gasteiger partial charge < -0.3 is 5.32 Å². The third-order valence-corrected chi connectivity index (χ3v) is 3.34. The molecule has 1 N–H and O–H groups in total. The van der Waals surface area contributed by atoms with Crippen molar-refractivity contribution in [2.75, 3.05) is 19.6 Å². The molecule has 0 spiro atoms.